The van der Waals surface area contributed by atoms with Crippen LogP contribution >= 0.6 is 0 Å². The number of nitrogens with zero attached hydrogens (tertiary/aromatic N) is 2. The van der Waals surface area contributed by atoms with Crippen LogP contribution in [-0.2, 0) is 11.3 Å². The number of rotatable bonds is 4. The van der Waals surface area contributed by atoms with Crippen molar-refractivity contribution in [2.75, 3.05) is 0 Å². The van der Waals surface area contributed by atoms with Gasteiger partial charge in [0.15, 0.2) is 6.61 Å². The smallest absolute Gasteiger partial charge is 0.341 e. The Kier molecular flexibility index (Phi) is 3.28. The minimum atomic E-state index is -0.502. The molecular formula is C14H10N2O4. The van der Waals surface area contributed by atoms with Crippen molar-refractivity contribution in [1.82, 2.24) is 10.2 Å². The van der Waals surface area contributed by atoms with Crippen LogP contribution in [0.25, 0.3) is 11.5 Å². The maximum atomic E-state index is 11.6. The van der Waals surface area contributed by atoms with Crippen molar-refractivity contribution in [2.24, 2.45) is 0 Å². The van der Waals surface area contributed by atoms with Crippen LogP contribution < -0.4 is 0 Å². The summed E-state index contributed by atoms with van der Waals surface area (Å²) in [6, 6.07) is 10.9. The maximum absolute atomic E-state index is 11.6. The zero-order valence-corrected chi connectivity index (χ0v) is 10.4. The largest absolute Gasteiger partial charge is 0.472 e. The van der Waals surface area contributed by atoms with Crippen molar-refractivity contribution < 1.29 is 18.4 Å². The second-order valence-corrected chi connectivity index (χ2v) is 3.96. The van der Waals surface area contributed by atoms with Gasteiger partial charge in [0.1, 0.15) is 6.26 Å². The van der Waals surface area contributed by atoms with Crippen LogP contribution in [0, 0.1) is 0 Å². The van der Waals surface area contributed by atoms with E-state index in [-0.39, 0.29) is 12.5 Å². The predicted molar refractivity (Wildman–Crippen MR) is 67.6 cm³/mol. The normalized spacial score (nSPS) is 10.4. The molecule has 0 atom stereocenters. The number of hydrogen-bond donors (Lipinski definition) is 0. The SMILES string of the molecule is O=C(OCc1nnc(-c2ccccc2)o1)c1ccoc1. The fourth-order valence-corrected chi connectivity index (χ4v) is 1.60. The van der Waals surface area contributed by atoms with Crippen molar-refractivity contribution in [2.45, 2.75) is 6.61 Å². The first-order valence-electron chi connectivity index (χ1n) is 5.90. The van der Waals surface area contributed by atoms with E-state index in [4.69, 9.17) is 13.6 Å². The number of carbonyl (C=O) groups is 1. The molecule has 20 heavy (non-hydrogen) atoms. The van der Waals surface area contributed by atoms with Gasteiger partial charge in [-0.15, -0.1) is 10.2 Å². The second kappa shape index (κ2) is 5.40. The lowest BCUT2D eigenvalue weighted by Gasteiger charge is -1.98. The zero-order chi connectivity index (χ0) is 13.8. The van der Waals surface area contributed by atoms with Crippen LogP contribution in [-0.4, -0.2) is 16.2 Å². The van der Waals surface area contributed by atoms with Gasteiger partial charge in [-0.3, -0.25) is 0 Å². The molecule has 1 aromatic carbocycles. The Labute approximate surface area is 114 Å². The number of furan rings is 1. The minimum Gasteiger partial charge on any atom is -0.472 e. The van der Waals surface area contributed by atoms with Crippen molar-refractivity contribution in [3.05, 3.63) is 60.4 Å². The quantitative estimate of drug-likeness (QED) is 0.678. The molecule has 3 rings (SSSR count). The average Bonchev–Trinajstić information content (AvgIpc) is 3.17. The van der Waals surface area contributed by atoms with Gasteiger partial charge in [-0.05, 0) is 18.2 Å². The minimum absolute atomic E-state index is 0.0795. The fourth-order valence-electron chi connectivity index (χ4n) is 1.60. The van der Waals surface area contributed by atoms with E-state index in [0.717, 1.165) is 5.56 Å². The fraction of sp³-hybridized carbons (Fsp3) is 0.0714. The van der Waals surface area contributed by atoms with Crippen molar-refractivity contribution in [1.29, 1.82) is 0 Å². The number of benzene rings is 1. The Bertz CT molecular complexity index is 689. The van der Waals surface area contributed by atoms with Crippen molar-refractivity contribution in [3.8, 4) is 11.5 Å². The molecule has 3 aromatic rings. The highest BCUT2D eigenvalue weighted by Crippen LogP contribution is 2.17. The maximum Gasteiger partial charge on any atom is 0.341 e. The molecule has 0 saturated heterocycles. The van der Waals surface area contributed by atoms with Crippen LogP contribution in [0.3, 0.4) is 0 Å². The first kappa shape index (κ1) is 12.2. The molecular weight excluding hydrogens is 260 g/mol. The Hall–Kier alpha value is -2.89. The molecule has 0 N–H and O–H groups in total. The zero-order valence-electron chi connectivity index (χ0n) is 10.4. The Morgan fingerprint density at radius 3 is 2.75 bits per heavy atom. The highest BCUT2D eigenvalue weighted by atomic mass is 16.5. The Morgan fingerprint density at radius 1 is 1.15 bits per heavy atom. The molecule has 0 aliphatic carbocycles. The average molecular weight is 270 g/mol. The lowest BCUT2D eigenvalue weighted by atomic mass is 10.2. The molecule has 0 spiro atoms. The van der Waals surface area contributed by atoms with E-state index in [1.54, 1.807) is 0 Å². The highest BCUT2D eigenvalue weighted by Gasteiger charge is 2.12. The second-order valence-electron chi connectivity index (χ2n) is 3.96. The van der Waals surface area contributed by atoms with Gasteiger partial charge in [-0.25, -0.2) is 4.79 Å². The van der Waals surface area contributed by atoms with Gasteiger partial charge in [0.25, 0.3) is 5.89 Å². The van der Waals surface area contributed by atoms with Gasteiger partial charge in [0.05, 0.1) is 11.8 Å². The molecule has 2 aromatic heterocycles. The molecule has 100 valence electrons. The third kappa shape index (κ3) is 2.59. The summed E-state index contributed by atoms with van der Waals surface area (Å²) in [4.78, 5) is 11.6. The molecule has 0 aliphatic rings. The lowest BCUT2D eigenvalue weighted by Crippen LogP contribution is -2.04. The van der Waals surface area contributed by atoms with Crippen LogP contribution in [0.4, 0.5) is 0 Å². The number of aromatic nitrogens is 2. The number of esters is 1. The van der Waals surface area contributed by atoms with Gasteiger partial charge in [0.2, 0.25) is 5.89 Å². The summed E-state index contributed by atoms with van der Waals surface area (Å²) in [6.07, 6.45) is 2.71. The van der Waals surface area contributed by atoms with Crippen LogP contribution in [0.1, 0.15) is 16.2 Å². The van der Waals surface area contributed by atoms with E-state index in [2.05, 4.69) is 10.2 Å². The Balaban J connectivity index is 1.65. The summed E-state index contributed by atoms with van der Waals surface area (Å²) in [6.45, 7) is -0.0795. The van der Waals surface area contributed by atoms with E-state index in [0.29, 0.717) is 11.5 Å². The monoisotopic (exact) mass is 270 g/mol. The Morgan fingerprint density at radius 2 is 2.00 bits per heavy atom. The number of hydrogen-bond acceptors (Lipinski definition) is 6. The van der Waals surface area contributed by atoms with Crippen LogP contribution in [0.2, 0.25) is 0 Å². The molecule has 0 fully saturated rings. The first-order valence-corrected chi connectivity index (χ1v) is 5.90. The molecule has 0 amide bonds. The molecule has 0 radical (unpaired) electrons. The summed E-state index contributed by atoms with van der Waals surface area (Å²) in [5.41, 5.74) is 1.15. The van der Waals surface area contributed by atoms with Gasteiger partial charge in [-0.2, -0.15) is 0 Å². The molecule has 0 saturated carbocycles. The van der Waals surface area contributed by atoms with E-state index in [1.807, 2.05) is 30.3 Å². The predicted octanol–water partition coefficient (Wildman–Crippen LogP) is 2.69. The standard InChI is InChI=1S/C14H10N2O4/c17-14(11-6-7-18-8-11)19-9-12-15-16-13(20-12)10-4-2-1-3-5-10/h1-8H,9H2. The van der Waals surface area contributed by atoms with Crippen LogP contribution in [0.15, 0.2) is 57.8 Å². The third-order valence-electron chi connectivity index (χ3n) is 2.57. The molecule has 0 bridgehead atoms. The summed E-state index contributed by atoms with van der Waals surface area (Å²) >= 11 is 0. The highest BCUT2D eigenvalue weighted by molar-refractivity contribution is 5.88. The number of ether oxygens (including phenoxy) is 1. The first-order chi connectivity index (χ1) is 9.83. The molecule has 0 aliphatic heterocycles. The van der Waals surface area contributed by atoms with Gasteiger partial charge >= 0.3 is 5.97 Å². The third-order valence-corrected chi connectivity index (χ3v) is 2.57. The number of carbonyl (C=O) groups excluding carboxylic acids is 1. The summed E-state index contributed by atoms with van der Waals surface area (Å²) in [5, 5.41) is 7.73. The van der Waals surface area contributed by atoms with E-state index in [1.165, 1.54) is 18.6 Å². The molecule has 6 nitrogen and oxygen atoms in total. The van der Waals surface area contributed by atoms with Crippen LogP contribution in [0.5, 0.6) is 0 Å². The summed E-state index contributed by atoms with van der Waals surface area (Å²) in [7, 11) is 0. The van der Waals surface area contributed by atoms with Gasteiger partial charge in [0, 0.05) is 5.56 Å². The summed E-state index contributed by atoms with van der Waals surface area (Å²) < 4.78 is 15.2. The van der Waals surface area contributed by atoms with Gasteiger partial charge in [-0.1, -0.05) is 18.2 Å². The molecule has 0 unspecified atom stereocenters. The van der Waals surface area contributed by atoms with Crippen molar-refractivity contribution >= 4 is 5.97 Å². The topological polar surface area (TPSA) is 78.4 Å². The summed E-state index contributed by atoms with van der Waals surface area (Å²) in [5.74, 6) is 0.124. The van der Waals surface area contributed by atoms with E-state index >= 15 is 0 Å². The van der Waals surface area contributed by atoms with Gasteiger partial charge < -0.3 is 13.6 Å². The molecule has 6 heteroatoms. The van der Waals surface area contributed by atoms with Crippen molar-refractivity contribution in [3.63, 3.8) is 0 Å². The van der Waals surface area contributed by atoms with E-state index in [9.17, 15) is 4.79 Å². The lowest BCUT2D eigenvalue weighted by molar-refractivity contribution is 0.0438. The van der Waals surface area contributed by atoms with E-state index < -0.39 is 5.97 Å². The molecule has 2 heterocycles.